The molecule has 0 heterocycles. The van der Waals surface area contributed by atoms with Gasteiger partial charge in [0.1, 0.15) is 34.6 Å². The van der Waals surface area contributed by atoms with Crippen LogP contribution in [0.25, 0.3) is 0 Å². The number of carboxylic acids is 1. The molecule has 0 aliphatic carbocycles. The summed E-state index contributed by atoms with van der Waals surface area (Å²) in [5.41, 5.74) is -3.79. The zero-order chi connectivity index (χ0) is 43.7. The van der Waals surface area contributed by atoms with Gasteiger partial charge in [-0.2, -0.15) is 0 Å². The summed E-state index contributed by atoms with van der Waals surface area (Å²) in [5, 5.41) is 12.1. The van der Waals surface area contributed by atoms with Crippen LogP contribution < -0.4 is 5.32 Å². The number of carbonyl (C=O) groups is 6. The van der Waals surface area contributed by atoms with Crippen LogP contribution in [0.3, 0.4) is 0 Å². The van der Waals surface area contributed by atoms with Gasteiger partial charge in [-0.15, -0.1) is 0 Å². The van der Waals surface area contributed by atoms with Gasteiger partial charge in [-0.05, 0) is 130 Å². The molecule has 56 heavy (non-hydrogen) atoms. The van der Waals surface area contributed by atoms with Gasteiger partial charge in [-0.1, -0.05) is 0 Å². The molecule has 0 radical (unpaired) electrons. The first-order valence-corrected chi connectivity index (χ1v) is 19.4. The first-order chi connectivity index (χ1) is 25.3. The van der Waals surface area contributed by atoms with E-state index < -0.39 is 71.0 Å². The monoisotopic (exact) mass is 804 g/mol. The Bertz CT molecular complexity index is 1270. The van der Waals surface area contributed by atoms with E-state index in [1.165, 1.54) is 14.7 Å². The quantitative estimate of drug-likeness (QED) is 0.106. The lowest BCUT2D eigenvalue weighted by Gasteiger charge is -2.31. The van der Waals surface area contributed by atoms with E-state index >= 15 is 0 Å². The molecule has 0 aromatic rings. The minimum atomic E-state index is -1.20. The molecule has 0 unspecified atom stereocenters. The van der Waals surface area contributed by atoms with Gasteiger partial charge in [0, 0.05) is 52.4 Å². The second kappa shape index (κ2) is 22.5. The Morgan fingerprint density at radius 2 is 0.661 bits per heavy atom. The molecule has 0 aliphatic rings. The maximum Gasteiger partial charge on any atom is 0.410 e. The molecule has 0 aliphatic heterocycles. The maximum absolute atomic E-state index is 13.4. The topological polar surface area (TPSA) is 194 Å². The van der Waals surface area contributed by atoms with Gasteiger partial charge >= 0.3 is 36.4 Å². The Morgan fingerprint density at radius 1 is 0.411 bits per heavy atom. The average molecular weight is 804 g/mol. The SMILES string of the molecule is CC(C)(C)OC(=O)NCCCN(CCCN(CCCN(CCCN(CC(=O)O)C(=O)OC(C)(C)C)C(=O)OC(C)(C)C)C(=O)OC(C)(C)C)C(=O)OC(C)(C)C. The second-order valence-corrected chi connectivity index (χ2v) is 18.5. The molecular weight excluding hydrogens is 730 g/mol. The van der Waals surface area contributed by atoms with Crippen LogP contribution >= 0.6 is 0 Å². The lowest BCUT2D eigenvalue weighted by molar-refractivity contribution is -0.138. The molecule has 0 saturated heterocycles. The average Bonchev–Trinajstić information content (AvgIpc) is 2.95. The van der Waals surface area contributed by atoms with E-state index in [9.17, 15) is 33.9 Å². The van der Waals surface area contributed by atoms with E-state index in [1.807, 2.05) is 0 Å². The minimum absolute atomic E-state index is 0.00968. The first kappa shape index (κ1) is 51.8. The molecule has 0 rings (SSSR count). The van der Waals surface area contributed by atoms with Crippen molar-refractivity contribution in [2.45, 2.75) is 158 Å². The third-order valence-corrected chi connectivity index (χ3v) is 6.77. The van der Waals surface area contributed by atoms with Crippen molar-refractivity contribution in [3.63, 3.8) is 0 Å². The predicted octanol–water partition coefficient (Wildman–Crippen LogP) is 7.10. The van der Waals surface area contributed by atoms with Gasteiger partial charge in [0.25, 0.3) is 0 Å². The van der Waals surface area contributed by atoms with Gasteiger partial charge < -0.3 is 48.8 Å². The lowest BCUT2D eigenvalue weighted by atomic mass is 10.2. The standard InChI is InChI=1S/C39H73N5O12/c1-35(2,3)52-30(47)40-20-16-21-41(31(48)53-36(4,5)6)22-17-23-42(32(49)54-37(7,8)9)24-18-25-43(33(50)55-38(10,11)12)26-19-27-44(28-29(45)46)34(51)56-39(13,14)15/h16-28H2,1-15H3,(H,40,47)(H,45,46). The van der Waals surface area contributed by atoms with Crippen LogP contribution in [0.2, 0.25) is 0 Å². The van der Waals surface area contributed by atoms with E-state index in [-0.39, 0.29) is 58.8 Å². The van der Waals surface area contributed by atoms with Gasteiger partial charge in [-0.25, -0.2) is 24.0 Å². The van der Waals surface area contributed by atoms with Gasteiger partial charge in [-0.3, -0.25) is 9.69 Å². The molecule has 0 spiro atoms. The summed E-state index contributed by atoms with van der Waals surface area (Å²) >= 11 is 0. The molecule has 0 aromatic carbocycles. The van der Waals surface area contributed by atoms with Crippen LogP contribution in [-0.4, -0.2) is 148 Å². The number of aliphatic carboxylic acids is 1. The second-order valence-electron chi connectivity index (χ2n) is 18.5. The summed E-state index contributed by atoms with van der Waals surface area (Å²) in [5.74, 6) is -1.20. The molecule has 2 N–H and O–H groups in total. The third kappa shape index (κ3) is 27.4. The molecular formula is C39H73N5O12. The molecule has 5 amide bonds. The first-order valence-electron chi connectivity index (χ1n) is 19.4. The van der Waals surface area contributed by atoms with E-state index in [1.54, 1.807) is 104 Å². The highest BCUT2D eigenvalue weighted by atomic mass is 16.6. The Hall–Kier alpha value is -4.18. The predicted molar refractivity (Wildman–Crippen MR) is 212 cm³/mol. The van der Waals surface area contributed by atoms with Gasteiger partial charge in [0.2, 0.25) is 0 Å². The minimum Gasteiger partial charge on any atom is -0.480 e. The summed E-state index contributed by atoms with van der Waals surface area (Å²) in [6.07, 6.45) is -1.66. The van der Waals surface area contributed by atoms with E-state index in [0.717, 1.165) is 4.90 Å². The Balaban J connectivity index is 5.85. The van der Waals surface area contributed by atoms with Crippen LogP contribution in [0.5, 0.6) is 0 Å². The molecule has 17 nitrogen and oxygen atoms in total. The van der Waals surface area contributed by atoms with Crippen LogP contribution in [0, 0.1) is 0 Å². The summed E-state index contributed by atoms with van der Waals surface area (Å²) in [4.78, 5) is 81.6. The molecule has 0 atom stereocenters. The zero-order valence-corrected chi connectivity index (χ0v) is 36.9. The normalized spacial score (nSPS) is 12.2. The maximum atomic E-state index is 13.4. The fourth-order valence-corrected chi connectivity index (χ4v) is 4.72. The van der Waals surface area contributed by atoms with E-state index in [4.69, 9.17) is 23.7 Å². The van der Waals surface area contributed by atoms with Crippen molar-refractivity contribution in [3.8, 4) is 0 Å². The summed E-state index contributed by atoms with van der Waals surface area (Å²) in [6, 6.07) is 0. The molecule has 0 saturated carbocycles. The smallest absolute Gasteiger partial charge is 0.410 e. The van der Waals surface area contributed by atoms with E-state index in [2.05, 4.69) is 5.32 Å². The molecule has 0 bridgehead atoms. The highest BCUT2D eigenvalue weighted by Gasteiger charge is 2.28. The van der Waals surface area contributed by atoms with Crippen molar-refractivity contribution >= 4 is 36.4 Å². The van der Waals surface area contributed by atoms with Crippen molar-refractivity contribution in [2.75, 3.05) is 58.9 Å². The number of carbonyl (C=O) groups excluding carboxylic acids is 5. The van der Waals surface area contributed by atoms with E-state index in [0.29, 0.717) is 19.3 Å². The van der Waals surface area contributed by atoms with Crippen molar-refractivity contribution in [3.05, 3.63) is 0 Å². The van der Waals surface area contributed by atoms with Crippen LogP contribution in [0.1, 0.15) is 130 Å². The highest BCUT2D eigenvalue weighted by Crippen LogP contribution is 2.16. The Morgan fingerprint density at radius 3 is 0.929 bits per heavy atom. The van der Waals surface area contributed by atoms with Crippen LogP contribution in [0.4, 0.5) is 24.0 Å². The zero-order valence-electron chi connectivity index (χ0n) is 36.9. The number of nitrogens with zero attached hydrogens (tertiary/aromatic N) is 4. The fraction of sp³-hybridized carbons (Fsp3) is 0.846. The Kier molecular flexibility index (Phi) is 20.9. The van der Waals surface area contributed by atoms with Crippen molar-refractivity contribution in [1.82, 2.24) is 24.9 Å². The van der Waals surface area contributed by atoms with Gasteiger partial charge in [0.05, 0.1) is 0 Å². The number of alkyl carbamates (subject to hydrolysis) is 1. The molecule has 17 heteroatoms. The van der Waals surface area contributed by atoms with Gasteiger partial charge in [0.15, 0.2) is 0 Å². The number of rotatable bonds is 18. The lowest BCUT2D eigenvalue weighted by Crippen LogP contribution is -2.44. The molecule has 326 valence electrons. The molecule has 0 fully saturated rings. The highest BCUT2D eigenvalue weighted by molar-refractivity contribution is 5.77. The fourth-order valence-electron chi connectivity index (χ4n) is 4.72. The summed E-state index contributed by atoms with van der Waals surface area (Å²) in [6.45, 7) is 27.1. The van der Waals surface area contributed by atoms with Crippen molar-refractivity contribution in [2.24, 2.45) is 0 Å². The Labute approximate surface area is 335 Å². The molecule has 0 aromatic heterocycles. The van der Waals surface area contributed by atoms with Crippen LogP contribution in [-0.2, 0) is 28.5 Å². The summed E-state index contributed by atoms with van der Waals surface area (Å²) < 4.78 is 27.6. The largest absolute Gasteiger partial charge is 0.480 e. The summed E-state index contributed by atoms with van der Waals surface area (Å²) in [7, 11) is 0. The number of carboxylic acid groups (broad SMARTS) is 1. The van der Waals surface area contributed by atoms with Crippen molar-refractivity contribution < 1.29 is 57.6 Å². The number of hydrogen-bond acceptors (Lipinski definition) is 11. The number of amides is 5. The number of ether oxygens (including phenoxy) is 5. The third-order valence-electron chi connectivity index (χ3n) is 6.77. The number of nitrogens with one attached hydrogen (secondary N) is 1. The number of hydrogen-bond donors (Lipinski definition) is 2. The van der Waals surface area contributed by atoms with Crippen molar-refractivity contribution in [1.29, 1.82) is 0 Å². The van der Waals surface area contributed by atoms with Crippen LogP contribution in [0.15, 0.2) is 0 Å².